The summed E-state index contributed by atoms with van der Waals surface area (Å²) in [5.41, 5.74) is 11.4. The van der Waals surface area contributed by atoms with E-state index in [0.717, 1.165) is 41.8 Å². The van der Waals surface area contributed by atoms with Crippen molar-refractivity contribution in [1.82, 2.24) is 19.3 Å². The lowest BCUT2D eigenvalue weighted by atomic mass is 10.1. The first-order valence-corrected chi connectivity index (χ1v) is 7.45. The molecule has 0 bridgehead atoms. The largest absolute Gasteiger partial charge is 0.369 e. The Hall–Kier alpha value is -2.30. The standard InChI is InChI=1S/C16H21N5/c1-4-8-12-14-15(20(3)19-12)21(16(17)18-14)13-10-7-6-9-11(13)5-2/h6-7,9-10H,4-5,8H2,1-3H3,(H2,17,18). The Morgan fingerprint density at radius 1 is 1.19 bits per heavy atom. The average Bonchev–Trinajstić information content (AvgIpc) is 2.97. The Morgan fingerprint density at radius 2 is 1.95 bits per heavy atom. The van der Waals surface area contributed by atoms with Crippen molar-refractivity contribution in [2.75, 3.05) is 5.73 Å². The number of hydrogen-bond acceptors (Lipinski definition) is 3. The highest BCUT2D eigenvalue weighted by Gasteiger charge is 2.19. The maximum absolute atomic E-state index is 6.20. The first-order chi connectivity index (χ1) is 10.2. The molecule has 0 fully saturated rings. The molecular formula is C16H21N5. The molecule has 2 heterocycles. The van der Waals surface area contributed by atoms with Crippen molar-refractivity contribution in [3.8, 4) is 5.69 Å². The van der Waals surface area contributed by atoms with Crippen molar-refractivity contribution >= 4 is 17.1 Å². The van der Waals surface area contributed by atoms with Gasteiger partial charge in [0.2, 0.25) is 5.95 Å². The number of aromatic nitrogens is 4. The van der Waals surface area contributed by atoms with Crippen molar-refractivity contribution in [3.63, 3.8) is 0 Å². The van der Waals surface area contributed by atoms with Crippen molar-refractivity contribution in [1.29, 1.82) is 0 Å². The maximum atomic E-state index is 6.20. The first kappa shape index (κ1) is 13.7. The number of nitrogen functional groups attached to an aromatic ring is 1. The summed E-state index contributed by atoms with van der Waals surface area (Å²) in [6, 6.07) is 8.30. The number of anilines is 1. The summed E-state index contributed by atoms with van der Waals surface area (Å²) in [5, 5.41) is 4.60. The van der Waals surface area contributed by atoms with Crippen LogP contribution in [-0.4, -0.2) is 19.3 Å². The summed E-state index contributed by atoms with van der Waals surface area (Å²) in [5.74, 6) is 0.524. The third-order valence-corrected chi connectivity index (χ3v) is 3.83. The highest BCUT2D eigenvalue weighted by Crippen LogP contribution is 2.27. The molecule has 110 valence electrons. The van der Waals surface area contributed by atoms with E-state index >= 15 is 0 Å². The number of hydrogen-bond donors (Lipinski definition) is 1. The van der Waals surface area contributed by atoms with E-state index in [-0.39, 0.29) is 0 Å². The molecule has 0 saturated heterocycles. The van der Waals surface area contributed by atoms with E-state index < -0.39 is 0 Å². The molecule has 0 unspecified atom stereocenters. The molecule has 2 N–H and O–H groups in total. The highest BCUT2D eigenvalue weighted by atomic mass is 15.3. The zero-order valence-electron chi connectivity index (χ0n) is 12.8. The van der Waals surface area contributed by atoms with Gasteiger partial charge in [-0.3, -0.25) is 4.57 Å². The van der Waals surface area contributed by atoms with Gasteiger partial charge in [0.25, 0.3) is 0 Å². The zero-order chi connectivity index (χ0) is 15.0. The topological polar surface area (TPSA) is 61.7 Å². The molecule has 1 aromatic carbocycles. The Kier molecular flexibility index (Phi) is 3.41. The van der Waals surface area contributed by atoms with Crippen LogP contribution in [0.1, 0.15) is 31.5 Å². The molecule has 0 aliphatic carbocycles. The third kappa shape index (κ3) is 2.09. The van der Waals surface area contributed by atoms with Crippen molar-refractivity contribution in [2.45, 2.75) is 33.1 Å². The van der Waals surface area contributed by atoms with Crippen LogP contribution in [0, 0.1) is 0 Å². The quantitative estimate of drug-likeness (QED) is 0.801. The number of fused-ring (bicyclic) bond motifs is 1. The van der Waals surface area contributed by atoms with Gasteiger partial charge in [-0.25, -0.2) is 9.67 Å². The lowest BCUT2D eigenvalue weighted by Crippen LogP contribution is -2.07. The van der Waals surface area contributed by atoms with E-state index in [9.17, 15) is 0 Å². The van der Waals surface area contributed by atoms with E-state index in [2.05, 4.69) is 42.1 Å². The second kappa shape index (κ2) is 5.24. The van der Waals surface area contributed by atoms with E-state index in [1.165, 1.54) is 5.56 Å². The van der Waals surface area contributed by atoms with Gasteiger partial charge in [-0.05, 0) is 24.5 Å². The van der Waals surface area contributed by atoms with Crippen molar-refractivity contribution in [2.24, 2.45) is 7.05 Å². The smallest absolute Gasteiger partial charge is 0.207 e. The summed E-state index contributed by atoms with van der Waals surface area (Å²) in [6.45, 7) is 4.29. The van der Waals surface area contributed by atoms with Crippen LogP contribution in [0.3, 0.4) is 0 Å². The molecule has 0 aliphatic rings. The van der Waals surface area contributed by atoms with Gasteiger partial charge in [-0.15, -0.1) is 0 Å². The molecule has 5 heteroatoms. The van der Waals surface area contributed by atoms with E-state index in [4.69, 9.17) is 5.73 Å². The SMILES string of the molecule is CCCc1nn(C)c2c1nc(N)n2-c1ccccc1CC. The first-order valence-electron chi connectivity index (χ1n) is 7.45. The van der Waals surface area contributed by atoms with Crippen LogP contribution in [0.5, 0.6) is 0 Å². The minimum atomic E-state index is 0.524. The summed E-state index contributed by atoms with van der Waals surface area (Å²) in [7, 11) is 1.95. The Morgan fingerprint density at radius 3 is 2.67 bits per heavy atom. The van der Waals surface area contributed by atoms with Gasteiger partial charge >= 0.3 is 0 Å². The van der Waals surface area contributed by atoms with Crippen LogP contribution in [0.2, 0.25) is 0 Å². The molecule has 2 aromatic heterocycles. The number of aryl methyl sites for hydroxylation is 3. The summed E-state index contributed by atoms with van der Waals surface area (Å²) < 4.78 is 3.90. The average molecular weight is 283 g/mol. The van der Waals surface area contributed by atoms with Gasteiger partial charge in [0, 0.05) is 7.05 Å². The van der Waals surface area contributed by atoms with Gasteiger partial charge in [0.15, 0.2) is 5.65 Å². The fourth-order valence-corrected chi connectivity index (χ4v) is 2.87. The highest BCUT2D eigenvalue weighted by molar-refractivity contribution is 5.80. The van der Waals surface area contributed by atoms with Crippen molar-refractivity contribution in [3.05, 3.63) is 35.5 Å². The number of benzene rings is 1. The molecule has 21 heavy (non-hydrogen) atoms. The van der Waals surface area contributed by atoms with Gasteiger partial charge in [-0.1, -0.05) is 38.5 Å². The molecule has 5 nitrogen and oxygen atoms in total. The number of rotatable bonds is 4. The van der Waals surface area contributed by atoms with Crippen LogP contribution in [0.15, 0.2) is 24.3 Å². The van der Waals surface area contributed by atoms with Gasteiger partial charge in [-0.2, -0.15) is 5.10 Å². The van der Waals surface area contributed by atoms with Gasteiger partial charge in [0.05, 0.1) is 11.4 Å². The van der Waals surface area contributed by atoms with Gasteiger partial charge < -0.3 is 5.73 Å². The molecule has 0 amide bonds. The number of imidazole rings is 1. The molecule has 3 aromatic rings. The molecule has 0 radical (unpaired) electrons. The second-order valence-electron chi connectivity index (χ2n) is 5.28. The van der Waals surface area contributed by atoms with Crippen LogP contribution in [0.4, 0.5) is 5.95 Å². The van der Waals surface area contributed by atoms with E-state index in [1.54, 1.807) is 0 Å². The van der Waals surface area contributed by atoms with E-state index in [1.807, 2.05) is 22.4 Å². The van der Waals surface area contributed by atoms with Crippen LogP contribution >= 0.6 is 0 Å². The number of nitrogens with zero attached hydrogens (tertiary/aromatic N) is 4. The Bertz CT molecular complexity index is 781. The maximum Gasteiger partial charge on any atom is 0.207 e. The molecule has 0 atom stereocenters. The Labute approximate surface area is 124 Å². The monoisotopic (exact) mass is 283 g/mol. The molecule has 0 spiro atoms. The molecular weight excluding hydrogens is 262 g/mol. The predicted octanol–water partition coefficient (Wildman–Crippen LogP) is 2.86. The molecule has 0 aliphatic heterocycles. The van der Waals surface area contributed by atoms with Crippen molar-refractivity contribution < 1.29 is 0 Å². The fraction of sp³-hybridized carbons (Fsp3) is 0.375. The Balaban J connectivity index is 2.30. The van der Waals surface area contributed by atoms with Crippen LogP contribution in [-0.2, 0) is 19.9 Å². The zero-order valence-corrected chi connectivity index (χ0v) is 12.8. The van der Waals surface area contributed by atoms with Crippen LogP contribution < -0.4 is 5.73 Å². The van der Waals surface area contributed by atoms with Gasteiger partial charge in [0.1, 0.15) is 5.52 Å². The van der Waals surface area contributed by atoms with Crippen LogP contribution in [0.25, 0.3) is 16.9 Å². The molecule has 0 saturated carbocycles. The predicted molar refractivity (Wildman–Crippen MR) is 85.6 cm³/mol. The number of para-hydroxylation sites is 1. The lowest BCUT2D eigenvalue weighted by Gasteiger charge is -2.11. The van der Waals surface area contributed by atoms with E-state index in [0.29, 0.717) is 5.95 Å². The second-order valence-corrected chi connectivity index (χ2v) is 5.28. The summed E-state index contributed by atoms with van der Waals surface area (Å²) in [6.07, 6.45) is 2.92. The summed E-state index contributed by atoms with van der Waals surface area (Å²) in [4.78, 5) is 4.56. The normalized spacial score (nSPS) is 11.4. The fourth-order valence-electron chi connectivity index (χ4n) is 2.87. The lowest BCUT2D eigenvalue weighted by molar-refractivity contribution is 0.737. The molecule has 3 rings (SSSR count). The summed E-state index contributed by atoms with van der Waals surface area (Å²) >= 11 is 0. The third-order valence-electron chi connectivity index (χ3n) is 3.83. The minimum absolute atomic E-state index is 0.524. The number of nitrogens with two attached hydrogens (primary N) is 1. The minimum Gasteiger partial charge on any atom is -0.369 e.